The number of furan rings is 1. The molecule has 6 nitrogen and oxygen atoms in total. The Morgan fingerprint density at radius 2 is 2.00 bits per heavy atom. The van der Waals surface area contributed by atoms with Gasteiger partial charge in [-0.1, -0.05) is 19.1 Å². The first-order valence-corrected chi connectivity index (χ1v) is 9.05. The second-order valence-corrected chi connectivity index (χ2v) is 6.40. The molecule has 0 radical (unpaired) electrons. The van der Waals surface area contributed by atoms with E-state index < -0.39 is 17.7 Å². The SMILES string of the molecule is CCCN1C(=O)C(=O)/C(=C(\O)c2cccc(OCC)c2)C1c1ccc(C)o1. The molecule has 0 bridgehead atoms. The quantitative estimate of drug-likeness (QED) is 0.476. The van der Waals surface area contributed by atoms with E-state index in [9.17, 15) is 14.7 Å². The number of rotatable bonds is 6. The van der Waals surface area contributed by atoms with Gasteiger partial charge in [-0.15, -0.1) is 0 Å². The molecule has 2 aromatic rings. The van der Waals surface area contributed by atoms with Crippen molar-refractivity contribution >= 4 is 17.4 Å². The van der Waals surface area contributed by atoms with E-state index in [0.717, 1.165) is 0 Å². The average Bonchev–Trinajstić information content (AvgIpc) is 3.18. The molecule has 1 aromatic heterocycles. The summed E-state index contributed by atoms with van der Waals surface area (Å²) < 4.78 is 11.2. The Balaban J connectivity index is 2.14. The molecule has 6 heteroatoms. The number of ketones is 1. The van der Waals surface area contributed by atoms with Crippen molar-refractivity contribution in [2.24, 2.45) is 0 Å². The zero-order valence-corrected chi connectivity index (χ0v) is 15.7. The first kappa shape index (κ1) is 18.8. The van der Waals surface area contributed by atoms with Crippen LogP contribution in [0.2, 0.25) is 0 Å². The summed E-state index contributed by atoms with van der Waals surface area (Å²) in [6.45, 7) is 6.46. The second kappa shape index (κ2) is 7.70. The van der Waals surface area contributed by atoms with Crippen LogP contribution in [0, 0.1) is 6.92 Å². The van der Waals surface area contributed by atoms with Gasteiger partial charge in [0, 0.05) is 12.1 Å². The fraction of sp³-hybridized carbons (Fsp3) is 0.333. The number of hydrogen-bond donors (Lipinski definition) is 1. The minimum Gasteiger partial charge on any atom is -0.507 e. The summed E-state index contributed by atoms with van der Waals surface area (Å²) in [5, 5.41) is 10.9. The fourth-order valence-electron chi connectivity index (χ4n) is 3.30. The highest BCUT2D eigenvalue weighted by Crippen LogP contribution is 2.40. The Hall–Kier alpha value is -3.02. The Labute approximate surface area is 158 Å². The molecule has 1 amide bonds. The lowest BCUT2D eigenvalue weighted by molar-refractivity contribution is -0.140. The van der Waals surface area contributed by atoms with Crippen molar-refractivity contribution in [3.8, 4) is 5.75 Å². The van der Waals surface area contributed by atoms with Gasteiger partial charge in [0.05, 0.1) is 12.2 Å². The predicted octanol–water partition coefficient (Wildman–Crippen LogP) is 3.82. The van der Waals surface area contributed by atoms with Gasteiger partial charge >= 0.3 is 0 Å². The molecule has 1 aliphatic rings. The van der Waals surface area contributed by atoms with Crippen LogP contribution in [-0.2, 0) is 9.59 Å². The van der Waals surface area contributed by atoms with Crippen molar-refractivity contribution in [3.05, 3.63) is 59.1 Å². The standard InChI is InChI=1S/C21H23NO5/c1-4-11-22-18(16-10-9-13(3)27-16)17(20(24)21(22)25)19(23)14-7-6-8-15(12-14)26-5-2/h6-10,12,18,23H,4-5,11H2,1-3H3/b19-17-. The molecule has 0 aliphatic carbocycles. The van der Waals surface area contributed by atoms with Gasteiger partial charge in [-0.25, -0.2) is 0 Å². The minimum absolute atomic E-state index is 0.0384. The fourth-order valence-corrected chi connectivity index (χ4v) is 3.30. The number of likely N-dealkylation sites (tertiary alicyclic amines) is 1. The number of nitrogens with zero attached hydrogens (tertiary/aromatic N) is 1. The first-order chi connectivity index (χ1) is 13.0. The Bertz CT molecular complexity index is 895. The highest BCUT2D eigenvalue weighted by molar-refractivity contribution is 6.46. The van der Waals surface area contributed by atoms with Gasteiger partial charge in [-0.2, -0.15) is 0 Å². The van der Waals surface area contributed by atoms with Crippen molar-refractivity contribution in [1.29, 1.82) is 0 Å². The van der Waals surface area contributed by atoms with E-state index in [1.807, 2.05) is 13.8 Å². The Kier molecular flexibility index (Phi) is 5.35. The molecular weight excluding hydrogens is 346 g/mol. The van der Waals surface area contributed by atoms with Crippen LogP contribution < -0.4 is 4.74 Å². The smallest absolute Gasteiger partial charge is 0.295 e. The number of aliphatic hydroxyl groups is 1. The zero-order valence-electron chi connectivity index (χ0n) is 15.7. The number of hydrogen-bond acceptors (Lipinski definition) is 5. The normalized spacial score (nSPS) is 18.9. The predicted molar refractivity (Wildman–Crippen MR) is 100 cm³/mol. The van der Waals surface area contributed by atoms with Gasteiger partial charge < -0.3 is 19.2 Å². The minimum atomic E-state index is -0.741. The second-order valence-electron chi connectivity index (χ2n) is 6.40. The molecule has 0 saturated carbocycles. The number of aliphatic hydroxyl groups excluding tert-OH is 1. The number of amides is 1. The molecule has 1 fully saturated rings. The summed E-state index contributed by atoms with van der Waals surface area (Å²) in [5.74, 6) is 0.149. The van der Waals surface area contributed by atoms with Crippen LogP contribution in [-0.4, -0.2) is 34.8 Å². The number of carbonyl (C=O) groups is 2. The summed E-state index contributed by atoms with van der Waals surface area (Å²) in [6.07, 6.45) is 0.684. The zero-order chi connectivity index (χ0) is 19.6. The summed E-state index contributed by atoms with van der Waals surface area (Å²) in [7, 11) is 0. The van der Waals surface area contributed by atoms with E-state index in [4.69, 9.17) is 9.15 Å². The van der Waals surface area contributed by atoms with E-state index in [2.05, 4.69) is 0 Å². The number of Topliss-reactive ketones (excluding diaryl/α,β-unsaturated/α-hetero) is 1. The lowest BCUT2D eigenvalue weighted by Gasteiger charge is -2.22. The molecule has 1 N–H and O–H groups in total. The van der Waals surface area contributed by atoms with Gasteiger partial charge in [0.15, 0.2) is 0 Å². The highest BCUT2D eigenvalue weighted by Gasteiger charge is 2.47. The Morgan fingerprint density at radius 3 is 2.63 bits per heavy atom. The van der Waals surface area contributed by atoms with Crippen LogP contribution >= 0.6 is 0 Å². The molecular formula is C21H23NO5. The van der Waals surface area contributed by atoms with Gasteiger partial charge in [-0.05, 0) is 44.5 Å². The molecule has 1 aliphatic heterocycles. The van der Waals surface area contributed by atoms with Crippen molar-refractivity contribution in [1.82, 2.24) is 4.90 Å². The summed E-state index contributed by atoms with van der Waals surface area (Å²) >= 11 is 0. The highest BCUT2D eigenvalue weighted by atomic mass is 16.5. The van der Waals surface area contributed by atoms with Crippen LogP contribution in [0.4, 0.5) is 0 Å². The van der Waals surface area contributed by atoms with Crippen molar-refractivity contribution in [2.75, 3.05) is 13.2 Å². The number of carbonyl (C=O) groups excluding carboxylic acids is 2. The van der Waals surface area contributed by atoms with E-state index in [1.54, 1.807) is 43.3 Å². The van der Waals surface area contributed by atoms with Gasteiger partial charge in [0.25, 0.3) is 11.7 Å². The van der Waals surface area contributed by atoms with E-state index in [1.165, 1.54) is 4.90 Å². The van der Waals surface area contributed by atoms with Crippen LogP contribution in [0.25, 0.3) is 5.76 Å². The van der Waals surface area contributed by atoms with Gasteiger partial charge in [-0.3, -0.25) is 9.59 Å². The molecule has 142 valence electrons. The molecule has 1 atom stereocenters. The molecule has 2 heterocycles. The number of aryl methyl sites for hydroxylation is 1. The van der Waals surface area contributed by atoms with E-state index in [0.29, 0.717) is 42.4 Å². The van der Waals surface area contributed by atoms with E-state index >= 15 is 0 Å². The van der Waals surface area contributed by atoms with Crippen LogP contribution in [0.15, 0.2) is 46.4 Å². The maximum Gasteiger partial charge on any atom is 0.295 e. The largest absolute Gasteiger partial charge is 0.507 e. The van der Waals surface area contributed by atoms with Crippen LogP contribution in [0.5, 0.6) is 5.75 Å². The molecule has 27 heavy (non-hydrogen) atoms. The average molecular weight is 369 g/mol. The maximum absolute atomic E-state index is 12.7. The van der Waals surface area contributed by atoms with E-state index in [-0.39, 0.29) is 11.3 Å². The number of benzene rings is 1. The third kappa shape index (κ3) is 3.47. The lowest BCUT2D eigenvalue weighted by atomic mass is 9.99. The van der Waals surface area contributed by atoms with Crippen LogP contribution in [0.3, 0.4) is 0 Å². The third-order valence-electron chi connectivity index (χ3n) is 4.45. The van der Waals surface area contributed by atoms with Crippen molar-refractivity contribution < 1.29 is 23.8 Å². The van der Waals surface area contributed by atoms with Gasteiger partial charge in [0.1, 0.15) is 29.1 Å². The van der Waals surface area contributed by atoms with Crippen LogP contribution in [0.1, 0.15) is 43.4 Å². The molecule has 0 spiro atoms. The summed E-state index contributed by atoms with van der Waals surface area (Å²) in [4.78, 5) is 26.7. The molecule has 1 saturated heterocycles. The topological polar surface area (TPSA) is 80.0 Å². The third-order valence-corrected chi connectivity index (χ3v) is 4.45. The van der Waals surface area contributed by atoms with Crippen molar-refractivity contribution in [3.63, 3.8) is 0 Å². The number of ether oxygens (including phenoxy) is 1. The lowest BCUT2D eigenvalue weighted by Crippen LogP contribution is -2.30. The first-order valence-electron chi connectivity index (χ1n) is 9.05. The molecule has 1 aromatic carbocycles. The maximum atomic E-state index is 12.7. The van der Waals surface area contributed by atoms with Gasteiger partial charge in [0.2, 0.25) is 0 Å². The Morgan fingerprint density at radius 1 is 1.22 bits per heavy atom. The summed E-state index contributed by atoms with van der Waals surface area (Å²) in [6, 6.07) is 9.59. The summed E-state index contributed by atoms with van der Waals surface area (Å²) in [5.41, 5.74) is 0.458. The monoisotopic (exact) mass is 369 g/mol. The van der Waals surface area contributed by atoms with Crippen molar-refractivity contribution in [2.45, 2.75) is 33.2 Å². The molecule has 3 rings (SSSR count). The molecule has 1 unspecified atom stereocenters.